The third-order valence-electron chi connectivity index (χ3n) is 2.73. The number of nitrogens with one attached hydrogen (secondary N) is 2. The van der Waals surface area contributed by atoms with Crippen molar-refractivity contribution in [2.24, 2.45) is 5.73 Å². The van der Waals surface area contributed by atoms with Gasteiger partial charge in [0.25, 0.3) is 0 Å². The average Bonchev–Trinajstić information content (AvgIpc) is 2.32. The van der Waals surface area contributed by atoms with Crippen LogP contribution in [0.5, 0.6) is 0 Å². The van der Waals surface area contributed by atoms with E-state index in [1.807, 2.05) is 32.0 Å². The Labute approximate surface area is 116 Å². The Morgan fingerprint density at radius 1 is 1.25 bits per heavy atom. The zero-order valence-electron chi connectivity index (χ0n) is 11.3. The number of aryl methyl sites for hydroxylation is 2. The predicted molar refractivity (Wildman–Crippen MR) is 73.3 cm³/mol. The lowest BCUT2D eigenvalue weighted by molar-refractivity contribution is -0.140. The fraction of sp³-hybridized carbons (Fsp3) is 0.308. The van der Waals surface area contributed by atoms with E-state index in [0.29, 0.717) is 5.69 Å². The first kappa shape index (κ1) is 15.5. The third kappa shape index (κ3) is 4.27. The van der Waals surface area contributed by atoms with Gasteiger partial charge < -0.3 is 21.5 Å². The van der Waals surface area contributed by atoms with E-state index < -0.39 is 30.4 Å². The number of para-hydroxylation sites is 1. The highest BCUT2D eigenvalue weighted by molar-refractivity contribution is 5.94. The number of urea groups is 1. The Bertz CT molecular complexity index is 522. The molecule has 0 heterocycles. The van der Waals surface area contributed by atoms with Crippen molar-refractivity contribution < 1.29 is 19.5 Å². The molecule has 0 aliphatic heterocycles. The highest BCUT2D eigenvalue weighted by Crippen LogP contribution is 2.19. The molecule has 0 saturated heterocycles. The summed E-state index contributed by atoms with van der Waals surface area (Å²) in [5.74, 6) is -2.12. The second-order valence-electron chi connectivity index (χ2n) is 4.43. The number of amides is 3. The molecule has 0 bridgehead atoms. The Hall–Kier alpha value is -2.57. The van der Waals surface area contributed by atoms with E-state index in [9.17, 15) is 14.4 Å². The Morgan fingerprint density at radius 2 is 1.80 bits per heavy atom. The van der Waals surface area contributed by atoms with Crippen LogP contribution in [0.25, 0.3) is 0 Å². The van der Waals surface area contributed by atoms with Crippen LogP contribution in [0.1, 0.15) is 17.5 Å². The first-order valence-electron chi connectivity index (χ1n) is 5.96. The van der Waals surface area contributed by atoms with Gasteiger partial charge in [0.1, 0.15) is 6.04 Å². The number of primary amides is 1. The topological polar surface area (TPSA) is 122 Å². The van der Waals surface area contributed by atoms with Gasteiger partial charge in [-0.25, -0.2) is 9.59 Å². The van der Waals surface area contributed by atoms with Gasteiger partial charge in [-0.3, -0.25) is 4.79 Å². The lowest BCUT2D eigenvalue weighted by atomic mass is 10.1. The van der Waals surface area contributed by atoms with Crippen LogP contribution in [0.4, 0.5) is 10.5 Å². The Morgan fingerprint density at radius 3 is 2.25 bits per heavy atom. The predicted octanol–water partition coefficient (Wildman–Crippen LogP) is 0.754. The first-order valence-corrected chi connectivity index (χ1v) is 5.96. The minimum Gasteiger partial charge on any atom is -0.480 e. The molecule has 5 N–H and O–H groups in total. The number of carboxylic acid groups (broad SMARTS) is 1. The van der Waals surface area contributed by atoms with Crippen LogP contribution in [-0.2, 0) is 9.59 Å². The zero-order valence-corrected chi connectivity index (χ0v) is 11.3. The van der Waals surface area contributed by atoms with Crippen molar-refractivity contribution in [1.82, 2.24) is 5.32 Å². The zero-order chi connectivity index (χ0) is 15.3. The second-order valence-corrected chi connectivity index (χ2v) is 4.43. The van der Waals surface area contributed by atoms with E-state index in [1.165, 1.54) is 0 Å². The minimum atomic E-state index is -1.35. The molecule has 0 aromatic heterocycles. The highest BCUT2D eigenvalue weighted by atomic mass is 16.4. The number of nitrogens with two attached hydrogens (primary N) is 1. The molecule has 0 radical (unpaired) electrons. The van der Waals surface area contributed by atoms with Crippen molar-refractivity contribution in [3.8, 4) is 0 Å². The molecule has 3 amide bonds. The number of hydrogen-bond acceptors (Lipinski definition) is 3. The largest absolute Gasteiger partial charge is 0.480 e. The lowest BCUT2D eigenvalue weighted by Gasteiger charge is -2.16. The Balaban J connectivity index is 2.76. The fourth-order valence-corrected chi connectivity index (χ4v) is 1.72. The molecule has 0 aliphatic carbocycles. The molecule has 1 rings (SSSR count). The molecule has 1 atom stereocenters. The van der Waals surface area contributed by atoms with Crippen LogP contribution >= 0.6 is 0 Å². The Kier molecular flexibility index (Phi) is 5.08. The van der Waals surface area contributed by atoms with Gasteiger partial charge in [0.15, 0.2) is 0 Å². The van der Waals surface area contributed by atoms with Crippen molar-refractivity contribution in [1.29, 1.82) is 0 Å². The number of carboxylic acids is 1. The SMILES string of the molecule is Cc1cccc(C)c1NC(=O)N[C@H](CC(N)=O)C(=O)O. The third-order valence-corrected chi connectivity index (χ3v) is 2.73. The number of rotatable bonds is 5. The summed E-state index contributed by atoms with van der Waals surface area (Å²) >= 11 is 0. The molecule has 7 heteroatoms. The fourth-order valence-electron chi connectivity index (χ4n) is 1.72. The van der Waals surface area contributed by atoms with E-state index in [-0.39, 0.29) is 0 Å². The van der Waals surface area contributed by atoms with Crippen molar-refractivity contribution in [3.63, 3.8) is 0 Å². The molecule has 0 aliphatic rings. The van der Waals surface area contributed by atoms with E-state index in [0.717, 1.165) is 11.1 Å². The number of anilines is 1. The van der Waals surface area contributed by atoms with Gasteiger partial charge in [0, 0.05) is 5.69 Å². The monoisotopic (exact) mass is 279 g/mol. The van der Waals surface area contributed by atoms with Crippen molar-refractivity contribution in [3.05, 3.63) is 29.3 Å². The molecule has 0 unspecified atom stereocenters. The molecule has 0 saturated carbocycles. The number of carbonyl (C=O) groups is 3. The lowest BCUT2D eigenvalue weighted by Crippen LogP contribution is -2.45. The van der Waals surface area contributed by atoms with Gasteiger partial charge in [0.2, 0.25) is 5.91 Å². The molecule has 20 heavy (non-hydrogen) atoms. The highest BCUT2D eigenvalue weighted by Gasteiger charge is 2.22. The van der Waals surface area contributed by atoms with Crippen LogP contribution in [-0.4, -0.2) is 29.1 Å². The van der Waals surface area contributed by atoms with Crippen LogP contribution in [0.3, 0.4) is 0 Å². The first-order chi connectivity index (χ1) is 9.31. The van der Waals surface area contributed by atoms with Crippen molar-refractivity contribution >= 4 is 23.6 Å². The van der Waals surface area contributed by atoms with E-state index in [1.54, 1.807) is 0 Å². The summed E-state index contributed by atoms with van der Waals surface area (Å²) in [6, 6.07) is 3.44. The van der Waals surface area contributed by atoms with Gasteiger partial charge in [-0.1, -0.05) is 18.2 Å². The smallest absolute Gasteiger partial charge is 0.326 e. The quantitative estimate of drug-likeness (QED) is 0.635. The van der Waals surface area contributed by atoms with Gasteiger partial charge >= 0.3 is 12.0 Å². The summed E-state index contributed by atoms with van der Waals surface area (Å²) in [5, 5.41) is 13.7. The van der Waals surface area contributed by atoms with Gasteiger partial charge in [-0.05, 0) is 25.0 Å². The minimum absolute atomic E-state index is 0.463. The number of benzene rings is 1. The van der Waals surface area contributed by atoms with Gasteiger partial charge in [0.05, 0.1) is 6.42 Å². The van der Waals surface area contributed by atoms with Crippen LogP contribution in [0.15, 0.2) is 18.2 Å². The number of carbonyl (C=O) groups excluding carboxylic acids is 2. The van der Waals surface area contributed by atoms with E-state index >= 15 is 0 Å². The molecule has 1 aromatic rings. The normalized spacial score (nSPS) is 11.5. The summed E-state index contributed by atoms with van der Waals surface area (Å²) in [4.78, 5) is 33.4. The molecular weight excluding hydrogens is 262 g/mol. The van der Waals surface area contributed by atoms with Crippen molar-refractivity contribution in [2.75, 3.05) is 5.32 Å². The number of aliphatic carboxylic acids is 1. The number of hydrogen-bond donors (Lipinski definition) is 4. The maximum atomic E-state index is 11.8. The molecule has 1 aromatic carbocycles. The average molecular weight is 279 g/mol. The maximum absolute atomic E-state index is 11.8. The summed E-state index contributed by atoms with van der Waals surface area (Å²) in [7, 11) is 0. The maximum Gasteiger partial charge on any atom is 0.326 e. The molecule has 0 spiro atoms. The molecule has 108 valence electrons. The molecular formula is C13H17N3O4. The summed E-state index contributed by atoms with van der Waals surface area (Å²) in [5.41, 5.74) is 7.24. The summed E-state index contributed by atoms with van der Waals surface area (Å²) in [6.07, 6.45) is -0.463. The molecule has 7 nitrogen and oxygen atoms in total. The van der Waals surface area contributed by atoms with Crippen LogP contribution < -0.4 is 16.4 Å². The van der Waals surface area contributed by atoms with Crippen molar-refractivity contribution in [2.45, 2.75) is 26.3 Å². The van der Waals surface area contributed by atoms with E-state index in [4.69, 9.17) is 10.8 Å². The summed E-state index contributed by atoms with van der Waals surface area (Å²) < 4.78 is 0. The standard InChI is InChI=1S/C13H17N3O4/c1-7-4-3-5-8(2)11(7)16-13(20)15-9(12(18)19)6-10(14)17/h3-5,9H,6H2,1-2H3,(H2,14,17)(H,18,19)(H2,15,16,20)/t9-/m1/s1. The second kappa shape index (κ2) is 6.55. The van der Waals surface area contributed by atoms with Crippen LogP contribution in [0, 0.1) is 13.8 Å². The molecule has 0 fully saturated rings. The van der Waals surface area contributed by atoms with E-state index in [2.05, 4.69) is 10.6 Å². The van der Waals surface area contributed by atoms with Gasteiger partial charge in [-0.2, -0.15) is 0 Å². The van der Waals surface area contributed by atoms with Gasteiger partial charge in [-0.15, -0.1) is 0 Å². The summed E-state index contributed by atoms with van der Waals surface area (Å²) in [6.45, 7) is 3.64. The van der Waals surface area contributed by atoms with Crippen LogP contribution in [0.2, 0.25) is 0 Å².